The maximum atomic E-state index is 12.4. The van der Waals surface area contributed by atoms with E-state index in [1.54, 1.807) is 11.8 Å². The van der Waals surface area contributed by atoms with Crippen LogP contribution in [0.2, 0.25) is 0 Å². The van der Waals surface area contributed by atoms with Gasteiger partial charge in [0.25, 0.3) is 0 Å². The molecule has 2 N–H and O–H groups in total. The highest BCUT2D eigenvalue weighted by atomic mass is 16.2. The second-order valence-corrected chi connectivity index (χ2v) is 6.46. The maximum absolute atomic E-state index is 12.4. The average molecular weight is 329 g/mol. The van der Waals surface area contributed by atoms with Crippen LogP contribution in [0.1, 0.15) is 46.7 Å². The van der Waals surface area contributed by atoms with Gasteiger partial charge in [0.1, 0.15) is 0 Å². The van der Waals surface area contributed by atoms with Gasteiger partial charge in [-0.25, -0.2) is 4.79 Å². The fourth-order valence-corrected chi connectivity index (χ4v) is 3.38. The van der Waals surface area contributed by atoms with Gasteiger partial charge < -0.3 is 9.88 Å². The Bertz CT molecular complexity index is 795. The summed E-state index contributed by atoms with van der Waals surface area (Å²) < 4.78 is 0. The van der Waals surface area contributed by atoms with Crippen molar-refractivity contribution in [1.29, 1.82) is 0 Å². The molecule has 2 aromatic rings. The summed E-state index contributed by atoms with van der Waals surface area (Å²) in [5.41, 5.74) is 5.56. The molecule has 0 aliphatic heterocycles. The van der Waals surface area contributed by atoms with Crippen LogP contribution in [0.3, 0.4) is 0 Å². The summed E-state index contributed by atoms with van der Waals surface area (Å²) in [7, 11) is 1.81. The van der Waals surface area contributed by atoms with Crippen LogP contribution >= 0.6 is 0 Å². The Morgan fingerprint density at radius 3 is 2.83 bits per heavy atom. The summed E-state index contributed by atoms with van der Waals surface area (Å²) in [5, 5.41) is 7.43. The van der Waals surface area contributed by atoms with Crippen molar-refractivity contribution in [2.24, 2.45) is 0 Å². The molecule has 0 spiro atoms. The van der Waals surface area contributed by atoms with Crippen molar-refractivity contribution in [3.05, 3.63) is 44.4 Å². The van der Waals surface area contributed by atoms with E-state index >= 15 is 0 Å². The molecule has 0 saturated carbocycles. The second kappa shape index (κ2) is 6.59. The molecule has 7 nitrogen and oxygen atoms in total. The number of nitrogens with zero attached hydrogens (tertiary/aromatic N) is 3. The first-order valence-electron chi connectivity index (χ1n) is 8.31. The Kier molecular flexibility index (Phi) is 4.51. The first-order chi connectivity index (χ1) is 11.5. The highest BCUT2D eigenvalue weighted by Crippen LogP contribution is 2.23. The molecule has 0 unspecified atom stereocenters. The Morgan fingerprint density at radius 2 is 2.08 bits per heavy atom. The minimum Gasteiger partial charge on any atom is -0.340 e. The first kappa shape index (κ1) is 16.4. The van der Waals surface area contributed by atoms with E-state index in [-0.39, 0.29) is 11.6 Å². The van der Waals surface area contributed by atoms with Crippen LogP contribution in [0.5, 0.6) is 0 Å². The number of amides is 1. The monoisotopic (exact) mass is 329 g/mol. The van der Waals surface area contributed by atoms with Gasteiger partial charge in [-0.05, 0) is 50.7 Å². The molecule has 0 saturated heterocycles. The Hall–Kier alpha value is -2.44. The molecule has 128 valence electrons. The molecule has 1 aliphatic rings. The topological polar surface area (TPSA) is 94.7 Å². The highest BCUT2D eigenvalue weighted by molar-refractivity contribution is 5.76. The van der Waals surface area contributed by atoms with Gasteiger partial charge in [0.05, 0.1) is 12.2 Å². The number of hydrogen-bond acceptors (Lipinski definition) is 4. The number of aryl methyl sites for hydroxylation is 3. The number of carbonyl (C=O) groups excluding carboxylic acids is 1. The lowest BCUT2D eigenvalue weighted by Gasteiger charge is -2.17. The van der Waals surface area contributed by atoms with E-state index in [1.165, 1.54) is 11.3 Å². The highest BCUT2D eigenvalue weighted by Gasteiger charge is 2.20. The van der Waals surface area contributed by atoms with E-state index in [4.69, 9.17) is 0 Å². The summed E-state index contributed by atoms with van der Waals surface area (Å²) in [6.45, 7) is 4.18. The van der Waals surface area contributed by atoms with Gasteiger partial charge in [-0.1, -0.05) is 0 Å². The number of carbonyl (C=O) groups is 1. The van der Waals surface area contributed by atoms with Crippen LogP contribution in [-0.4, -0.2) is 38.0 Å². The van der Waals surface area contributed by atoms with Gasteiger partial charge in [-0.2, -0.15) is 10.1 Å². The maximum Gasteiger partial charge on any atom is 0.345 e. The summed E-state index contributed by atoms with van der Waals surface area (Å²) in [6, 6.07) is 0. The molecule has 3 rings (SSSR count). The normalized spacial score (nSPS) is 13.1. The van der Waals surface area contributed by atoms with E-state index in [1.807, 2.05) is 14.0 Å². The van der Waals surface area contributed by atoms with Crippen LogP contribution in [-0.2, 0) is 30.6 Å². The lowest BCUT2D eigenvalue weighted by molar-refractivity contribution is -0.130. The van der Waals surface area contributed by atoms with Gasteiger partial charge in [-0.3, -0.25) is 9.89 Å². The Labute approximate surface area is 140 Å². The van der Waals surface area contributed by atoms with Crippen molar-refractivity contribution in [1.82, 2.24) is 25.1 Å². The molecular weight excluding hydrogens is 306 g/mol. The van der Waals surface area contributed by atoms with Crippen LogP contribution in [0.4, 0.5) is 0 Å². The Morgan fingerprint density at radius 1 is 1.29 bits per heavy atom. The minimum atomic E-state index is -0.343. The van der Waals surface area contributed by atoms with Crippen molar-refractivity contribution >= 4 is 5.91 Å². The van der Waals surface area contributed by atoms with Gasteiger partial charge in [0, 0.05) is 30.6 Å². The smallest absolute Gasteiger partial charge is 0.340 e. The fourth-order valence-electron chi connectivity index (χ4n) is 3.38. The average Bonchev–Trinajstić information content (AvgIpc) is 3.10. The molecular formula is C17H23N5O2. The predicted octanol–water partition coefficient (Wildman–Crippen LogP) is 1.19. The summed E-state index contributed by atoms with van der Waals surface area (Å²) >= 11 is 0. The van der Waals surface area contributed by atoms with Crippen LogP contribution in [0.25, 0.3) is 0 Å². The fraction of sp³-hybridized carbons (Fsp3) is 0.529. The molecule has 0 atom stereocenters. The van der Waals surface area contributed by atoms with Crippen LogP contribution in [0, 0.1) is 13.8 Å². The number of H-pyrrole nitrogens is 2. The quantitative estimate of drug-likeness (QED) is 0.861. The standard InChI is InChI=1S/C17H23N5O2/c1-10-12(11(2)19-17(24)18-10)7-8-16(23)22(3)9-15-13-5-4-6-14(13)20-21-15/h4-9H2,1-3H3,(H,20,21)(H,18,19,24). The van der Waals surface area contributed by atoms with Crippen molar-refractivity contribution in [2.75, 3.05) is 7.05 Å². The molecule has 0 fully saturated rings. The Balaban J connectivity index is 1.61. The zero-order chi connectivity index (χ0) is 17.3. The van der Waals surface area contributed by atoms with Crippen molar-refractivity contribution in [3.8, 4) is 0 Å². The van der Waals surface area contributed by atoms with E-state index in [0.717, 1.165) is 36.2 Å². The zero-order valence-electron chi connectivity index (χ0n) is 14.4. The number of fused-ring (bicyclic) bond motifs is 1. The summed E-state index contributed by atoms with van der Waals surface area (Å²) in [6.07, 6.45) is 4.22. The second-order valence-electron chi connectivity index (χ2n) is 6.46. The largest absolute Gasteiger partial charge is 0.345 e. The van der Waals surface area contributed by atoms with Gasteiger partial charge in [0.15, 0.2) is 0 Å². The lowest BCUT2D eigenvalue weighted by Crippen LogP contribution is -2.27. The summed E-state index contributed by atoms with van der Waals surface area (Å²) in [5.74, 6) is 0.0646. The third-order valence-electron chi connectivity index (χ3n) is 4.75. The molecule has 0 bridgehead atoms. The van der Waals surface area contributed by atoms with Crippen LogP contribution in [0.15, 0.2) is 4.79 Å². The predicted molar refractivity (Wildman–Crippen MR) is 89.7 cm³/mol. The van der Waals surface area contributed by atoms with Crippen molar-refractivity contribution in [3.63, 3.8) is 0 Å². The lowest BCUT2D eigenvalue weighted by atomic mass is 10.1. The number of nitrogens with one attached hydrogen (secondary N) is 2. The van der Waals surface area contributed by atoms with Gasteiger partial charge in [0.2, 0.25) is 5.91 Å². The molecule has 0 aromatic carbocycles. The molecule has 1 aliphatic carbocycles. The van der Waals surface area contributed by atoms with Gasteiger partial charge in [-0.15, -0.1) is 0 Å². The molecule has 7 heteroatoms. The number of hydrogen-bond donors (Lipinski definition) is 2. The third-order valence-corrected chi connectivity index (χ3v) is 4.75. The summed E-state index contributed by atoms with van der Waals surface area (Å²) in [4.78, 5) is 32.1. The molecule has 1 amide bonds. The van der Waals surface area contributed by atoms with Crippen molar-refractivity contribution in [2.45, 2.75) is 52.5 Å². The number of aromatic nitrogens is 4. The van der Waals surface area contributed by atoms with Crippen LogP contribution < -0.4 is 5.69 Å². The molecule has 24 heavy (non-hydrogen) atoms. The zero-order valence-corrected chi connectivity index (χ0v) is 14.4. The first-order valence-corrected chi connectivity index (χ1v) is 8.31. The molecule has 2 aromatic heterocycles. The SMILES string of the molecule is Cc1nc(=O)[nH]c(C)c1CCC(=O)N(C)Cc1n[nH]c2c1CCC2. The molecule has 2 heterocycles. The van der Waals surface area contributed by atoms with Gasteiger partial charge >= 0.3 is 5.69 Å². The molecule has 0 radical (unpaired) electrons. The number of rotatable bonds is 5. The van der Waals surface area contributed by atoms with E-state index in [2.05, 4.69) is 20.2 Å². The van der Waals surface area contributed by atoms with E-state index in [0.29, 0.717) is 25.1 Å². The minimum absolute atomic E-state index is 0.0646. The van der Waals surface area contributed by atoms with Crippen molar-refractivity contribution < 1.29 is 4.79 Å². The number of aromatic amines is 2. The van der Waals surface area contributed by atoms with E-state index < -0.39 is 0 Å². The van der Waals surface area contributed by atoms with E-state index in [9.17, 15) is 9.59 Å². The third kappa shape index (κ3) is 3.25.